The van der Waals surface area contributed by atoms with E-state index in [2.05, 4.69) is 5.32 Å². The molecule has 0 unspecified atom stereocenters. The molecule has 0 aliphatic rings. The first-order valence-electron chi connectivity index (χ1n) is 8.44. The van der Waals surface area contributed by atoms with Crippen molar-refractivity contribution < 1.29 is 18.7 Å². The molecule has 138 valence electrons. The molecule has 1 aromatic carbocycles. The molecule has 0 saturated carbocycles. The lowest BCUT2D eigenvalue weighted by molar-refractivity contribution is -0.144. The van der Waals surface area contributed by atoms with Crippen LogP contribution in [-0.2, 0) is 14.3 Å². The van der Waals surface area contributed by atoms with E-state index in [1.165, 1.54) is 12.3 Å². The Hall–Kier alpha value is -3.12. The maximum Gasteiger partial charge on any atom is 0.331 e. The van der Waals surface area contributed by atoms with Crippen LogP contribution in [0.2, 0.25) is 0 Å². The highest BCUT2D eigenvalue weighted by atomic mass is 32.1. The Bertz CT molecular complexity index is 913. The number of furan rings is 1. The number of hydrogen-bond acceptors (Lipinski definition) is 5. The number of carbonyl (C=O) groups excluding carboxylic acids is 2. The van der Waals surface area contributed by atoms with Gasteiger partial charge in [-0.15, -0.1) is 11.3 Å². The Balaban J connectivity index is 1.46. The summed E-state index contributed by atoms with van der Waals surface area (Å²) in [7, 11) is 0. The highest BCUT2D eigenvalue weighted by Crippen LogP contribution is 2.28. The molecule has 0 aliphatic heterocycles. The average Bonchev–Trinajstić information content (AvgIpc) is 3.37. The fourth-order valence-electron chi connectivity index (χ4n) is 2.43. The van der Waals surface area contributed by atoms with Gasteiger partial charge in [0.15, 0.2) is 6.61 Å². The average molecular weight is 381 g/mol. The zero-order valence-electron chi connectivity index (χ0n) is 14.8. The van der Waals surface area contributed by atoms with E-state index < -0.39 is 5.97 Å². The predicted octanol–water partition coefficient (Wildman–Crippen LogP) is 4.44. The summed E-state index contributed by atoms with van der Waals surface area (Å²) in [6.45, 7) is 1.45. The van der Waals surface area contributed by atoms with Crippen molar-refractivity contribution >= 4 is 29.3 Å². The minimum Gasteiger partial charge on any atom is -0.467 e. The van der Waals surface area contributed by atoms with Gasteiger partial charge in [0.1, 0.15) is 5.76 Å². The van der Waals surface area contributed by atoms with Crippen molar-refractivity contribution in [2.45, 2.75) is 13.0 Å². The Kier molecular flexibility index (Phi) is 6.22. The summed E-state index contributed by atoms with van der Waals surface area (Å²) in [6, 6.07) is 17.2. The molecule has 0 radical (unpaired) electrons. The summed E-state index contributed by atoms with van der Waals surface area (Å²) in [5.74, 6) is -0.310. The van der Waals surface area contributed by atoms with Crippen LogP contribution in [0.15, 0.2) is 71.4 Å². The molecule has 1 N–H and O–H groups in total. The van der Waals surface area contributed by atoms with Gasteiger partial charge in [-0.2, -0.15) is 0 Å². The van der Waals surface area contributed by atoms with Crippen LogP contribution in [0.3, 0.4) is 0 Å². The quantitative estimate of drug-likeness (QED) is 0.485. The van der Waals surface area contributed by atoms with E-state index in [1.807, 2.05) is 42.5 Å². The van der Waals surface area contributed by atoms with Crippen LogP contribution in [0, 0.1) is 0 Å². The summed E-state index contributed by atoms with van der Waals surface area (Å²) in [5, 5.41) is 2.70. The maximum absolute atomic E-state index is 11.8. The zero-order valence-corrected chi connectivity index (χ0v) is 15.6. The van der Waals surface area contributed by atoms with Crippen molar-refractivity contribution in [1.29, 1.82) is 0 Å². The summed E-state index contributed by atoms with van der Waals surface area (Å²) in [5.41, 5.74) is 1.13. The molecule has 0 spiro atoms. The third-order valence-corrected chi connectivity index (χ3v) is 4.86. The molecule has 0 fully saturated rings. The number of nitrogens with one attached hydrogen (secondary N) is 1. The van der Waals surface area contributed by atoms with E-state index in [9.17, 15) is 9.59 Å². The Morgan fingerprint density at radius 2 is 1.96 bits per heavy atom. The fourth-order valence-corrected chi connectivity index (χ4v) is 3.34. The molecule has 5 nitrogen and oxygen atoms in total. The van der Waals surface area contributed by atoms with Crippen molar-refractivity contribution in [2.24, 2.45) is 0 Å². The van der Waals surface area contributed by atoms with Gasteiger partial charge in [0.25, 0.3) is 5.91 Å². The molecule has 0 aliphatic carbocycles. The molecule has 27 heavy (non-hydrogen) atoms. The Morgan fingerprint density at radius 3 is 2.70 bits per heavy atom. The number of amides is 1. The fraction of sp³-hybridized carbons (Fsp3) is 0.143. The van der Waals surface area contributed by atoms with Crippen LogP contribution in [0.25, 0.3) is 16.5 Å². The van der Waals surface area contributed by atoms with E-state index in [0.29, 0.717) is 5.76 Å². The van der Waals surface area contributed by atoms with E-state index in [1.54, 1.807) is 36.5 Å². The number of hydrogen-bond donors (Lipinski definition) is 1. The van der Waals surface area contributed by atoms with Crippen LogP contribution in [0.1, 0.15) is 23.6 Å². The lowest BCUT2D eigenvalue weighted by Crippen LogP contribution is -2.30. The first kappa shape index (κ1) is 18.7. The third kappa shape index (κ3) is 5.43. The van der Waals surface area contributed by atoms with Gasteiger partial charge in [-0.1, -0.05) is 30.3 Å². The second-order valence-electron chi connectivity index (χ2n) is 5.81. The van der Waals surface area contributed by atoms with E-state index in [0.717, 1.165) is 15.3 Å². The van der Waals surface area contributed by atoms with Crippen LogP contribution < -0.4 is 5.32 Å². The second kappa shape index (κ2) is 9.00. The normalized spacial score (nSPS) is 12.0. The molecule has 3 aromatic rings. The molecule has 2 heterocycles. The lowest BCUT2D eigenvalue weighted by atomic mass is 10.2. The monoisotopic (exact) mass is 381 g/mol. The van der Waals surface area contributed by atoms with Crippen molar-refractivity contribution in [3.05, 3.63) is 77.6 Å². The van der Waals surface area contributed by atoms with E-state index in [-0.39, 0.29) is 18.6 Å². The standard InChI is InChI=1S/C21H19NO4S/c1-15(18-8-5-13-25-18)22-20(23)14-26-21(24)12-10-17-9-11-19(27-17)16-6-3-2-4-7-16/h2-13,15H,14H2,1H3,(H,22,23)/b12-10+/t15-/m0/s1. The van der Waals surface area contributed by atoms with Crippen LogP contribution >= 0.6 is 11.3 Å². The van der Waals surface area contributed by atoms with Gasteiger partial charge in [-0.3, -0.25) is 4.79 Å². The number of carbonyl (C=O) groups is 2. The molecular weight excluding hydrogens is 362 g/mol. The number of rotatable bonds is 7. The molecular formula is C21H19NO4S. The highest BCUT2D eigenvalue weighted by molar-refractivity contribution is 7.16. The topological polar surface area (TPSA) is 68.5 Å². The molecule has 3 rings (SSSR count). The van der Waals surface area contributed by atoms with Crippen molar-refractivity contribution in [1.82, 2.24) is 5.32 Å². The summed E-state index contributed by atoms with van der Waals surface area (Å²) in [6.07, 6.45) is 4.54. The highest BCUT2D eigenvalue weighted by Gasteiger charge is 2.12. The molecule has 6 heteroatoms. The molecule has 2 aromatic heterocycles. The Labute approximate surface area is 161 Å². The lowest BCUT2D eigenvalue weighted by Gasteiger charge is -2.10. The number of ether oxygens (including phenoxy) is 1. The van der Waals surface area contributed by atoms with Crippen LogP contribution in [-0.4, -0.2) is 18.5 Å². The first-order chi connectivity index (χ1) is 13.1. The maximum atomic E-state index is 11.8. The minimum absolute atomic E-state index is 0.288. The third-order valence-electron chi connectivity index (χ3n) is 3.76. The predicted molar refractivity (Wildman–Crippen MR) is 105 cm³/mol. The van der Waals surface area contributed by atoms with Gasteiger partial charge < -0.3 is 14.5 Å². The van der Waals surface area contributed by atoms with Crippen molar-refractivity contribution in [3.63, 3.8) is 0 Å². The summed E-state index contributed by atoms with van der Waals surface area (Å²) >= 11 is 1.57. The molecule has 0 saturated heterocycles. The molecule has 0 bridgehead atoms. The first-order valence-corrected chi connectivity index (χ1v) is 9.26. The van der Waals surface area contributed by atoms with E-state index >= 15 is 0 Å². The Morgan fingerprint density at radius 1 is 1.15 bits per heavy atom. The number of benzene rings is 1. The zero-order chi connectivity index (χ0) is 19.1. The molecule has 1 atom stereocenters. The SMILES string of the molecule is C[C@H](NC(=O)COC(=O)/C=C/c1ccc(-c2ccccc2)s1)c1ccco1. The van der Waals surface area contributed by atoms with Crippen molar-refractivity contribution in [2.75, 3.05) is 6.61 Å². The number of thiophene rings is 1. The summed E-state index contributed by atoms with van der Waals surface area (Å²) in [4.78, 5) is 25.7. The smallest absolute Gasteiger partial charge is 0.331 e. The minimum atomic E-state index is -0.564. The van der Waals surface area contributed by atoms with Crippen molar-refractivity contribution in [3.8, 4) is 10.4 Å². The van der Waals surface area contributed by atoms with Crippen LogP contribution in [0.5, 0.6) is 0 Å². The van der Waals surface area contributed by atoms with Gasteiger partial charge in [0.05, 0.1) is 12.3 Å². The van der Waals surface area contributed by atoms with Gasteiger partial charge in [0.2, 0.25) is 0 Å². The number of esters is 1. The second-order valence-corrected chi connectivity index (χ2v) is 6.93. The molecule has 1 amide bonds. The van der Waals surface area contributed by atoms with Gasteiger partial charge in [0, 0.05) is 15.8 Å². The van der Waals surface area contributed by atoms with Crippen LogP contribution in [0.4, 0.5) is 0 Å². The summed E-state index contributed by atoms with van der Waals surface area (Å²) < 4.78 is 10.2. The largest absolute Gasteiger partial charge is 0.467 e. The van der Waals surface area contributed by atoms with Gasteiger partial charge in [-0.25, -0.2) is 4.79 Å². The van der Waals surface area contributed by atoms with E-state index in [4.69, 9.17) is 9.15 Å². The van der Waals surface area contributed by atoms with Gasteiger partial charge >= 0.3 is 5.97 Å². The van der Waals surface area contributed by atoms with Gasteiger partial charge in [-0.05, 0) is 42.8 Å².